The highest BCUT2D eigenvalue weighted by molar-refractivity contribution is 5.54. The average Bonchev–Trinajstić information content (AvgIpc) is 2.70. The Bertz CT molecular complexity index is 486. The average molecular weight is 281 g/mol. The van der Waals surface area contributed by atoms with E-state index in [1.165, 1.54) is 6.07 Å². The van der Waals surface area contributed by atoms with Gasteiger partial charge in [-0.25, -0.2) is 4.39 Å². The Morgan fingerprint density at radius 1 is 1.30 bits per heavy atom. The van der Waals surface area contributed by atoms with Gasteiger partial charge in [0, 0.05) is 18.1 Å². The van der Waals surface area contributed by atoms with Crippen molar-refractivity contribution in [1.29, 1.82) is 0 Å². The molecule has 0 saturated carbocycles. The second-order valence-electron chi connectivity index (χ2n) is 5.48. The van der Waals surface area contributed by atoms with Crippen LogP contribution in [0.5, 0.6) is 17.2 Å². The Kier molecular flexibility index (Phi) is 3.96. The number of benzene rings is 1. The first-order valence-corrected chi connectivity index (χ1v) is 7.26. The number of ether oxygens (including phenoxy) is 2. The predicted molar refractivity (Wildman–Crippen MR) is 73.0 cm³/mol. The minimum Gasteiger partial charge on any atom is -0.505 e. The van der Waals surface area contributed by atoms with E-state index in [-0.39, 0.29) is 5.75 Å². The van der Waals surface area contributed by atoms with Gasteiger partial charge in [-0.3, -0.25) is 0 Å². The van der Waals surface area contributed by atoms with Crippen molar-refractivity contribution >= 4 is 0 Å². The standard InChI is InChI=1S/C15H20FNO3/c16-12-8-13-15(20-6-2-5-19-13)11(14(12)18)7-10-3-1-4-17-9-10/h8,10,17-18H,1-7,9H2. The van der Waals surface area contributed by atoms with Crippen LogP contribution in [0.1, 0.15) is 24.8 Å². The third kappa shape index (κ3) is 2.68. The van der Waals surface area contributed by atoms with Gasteiger partial charge in [-0.05, 0) is 38.3 Å². The Hall–Kier alpha value is -1.49. The van der Waals surface area contributed by atoms with E-state index in [0.717, 1.165) is 32.4 Å². The first kappa shape index (κ1) is 13.5. The first-order chi connectivity index (χ1) is 9.75. The van der Waals surface area contributed by atoms with Crippen LogP contribution in [0.25, 0.3) is 0 Å². The number of hydrogen-bond donors (Lipinski definition) is 2. The lowest BCUT2D eigenvalue weighted by atomic mass is 9.91. The fourth-order valence-corrected chi connectivity index (χ4v) is 2.91. The smallest absolute Gasteiger partial charge is 0.169 e. The lowest BCUT2D eigenvalue weighted by molar-refractivity contribution is 0.294. The molecule has 2 aliphatic rings. The van der Waals surface area contributed by atoms with Gasteiger partial charge in [0.2, 0.25) is 0 Å². The van der Waals surface area contributed by atoms with Gasteiger partial charge in [-0.1, -0.05) is 0 Å². The highest BCUT2D eigenvalue weighted by Crippen LogP contribution is 2.42. The number of phenols is 1. The van der Waals surface area contributed by atoms with E-state index in [1.807, 2.05) is 0 Å². The highest BCUT2D eigenvalue weighted by atomic mass is 19.1. The molecular formula is C15H20FNO3. The normalized spacial score (nSPS) is 22.4. The summed E-state index contributed by atoms with van der Waals surface area (Å²) < 4.78 is 25.1. The monoisotopic (exact) mass is 281 g/mol. The zero-order chi connectivity index (χ0) is 13.9. The van der Waals surface area contributed by atoms with Crippen LogP contribution in [0.2, 0.25) is 0 Å². The fraction of sp³-hybridized carbons (Fsp3) is 0.600. The SMILES string of the molecule is Oc1c(F)cc2c(c1CC1CCCNC1)OCCCO2. The van der Waals surface area contributed by atoms with Crippen molar-refractivity contribution in [3.05, 3.63) is 17.4 Å². The summed E-state index contributed by atoms with van der Waals surface area (Å²) in [5, 5.41) is 13.4. The van der Waals surface area contributed by atoms with Gasteiger partial charge in [0.25, 0.3) is 0 Å². The van der Waals surface area contributed by atoms with Crippen LogP contribution in [-0.2, 0) is 6.42 Å². The third-order valence-corrected chi connectivity index (χ3v) is 3.95. The van der Waals surface area contributed by atoms with E-state index in [2.05, 4.69) is 5.32 Å². The largest absolute Gasteiger partial charge is 0.505 e. The zero-order valence-electron chi connectivity index (χ0n) is 11.5. The number of nitrogens with one attached hydrogen (secondary N) is 1. The lowest BCUT2D eigenvalue weighted by Gasteiger charge is -2.24. The van der Waals surface area contributed by atoms with Crippen molar-refractivity contribution in [2.24, 2.45) is 5.92 Å². The van der Waals surface area contributed by atoms with E-state index in [0.29, 0.717) is 42.6 Å². The Labute approximate surface area is 117 Å². The van der Waals surface area contributed by atoms with Crippen LogP contribution in [0.15, 0.2) is 6.07 Å². The molecule has 4 nitrogen and oxygen atoms in total. The van der Waals surface area contributed by atoms with Gasteiger partial charge in [-0.15, -0.1) is 0 Å². The molecule has 0 bridgehead atoms. The van der Waals surface area contributed by atoms with Gasteiger partial charge in [0.1, 0.15) is 0 Å². The lowest BCUT2D eigenvalue weighted by Crippen LogP contribution is -2.31. The molecule has 2 aliphatic heterocycles. The Morgan fingerprint density at radius 2 is 2.15 bits per heavy atom. The maximum atomic E-state index is 13.9. The minimum atomic E-state index is -0.631. The quantitative estimate of drug-likeness (QED) is 0.873. The molecule has 0 aliphatic carbocycles. The Balaban J connectivity index is 1.92. The molecule has 110 valence electrons. The molecule has 0 amide bonds. The first-order valence-electron chi connectivity index (χ1n) is 7.26. The maximum Gasteiger partial charge on any atom is 0.169 e. The molecule has 0 spiro atoms. The van der Waals surface area contributed by atoms with Crippen LogP contribution in [-0.4, -0.2) is 31.4 Å². The molecule has 3 rings (SSSR count). The van der Waals surface area contributed by atoms with Gasteiger partial charge >= 0.3 is 0 Å². The maximum absolute atomic E-state index is 13.9. The minimum absolute atomic E-state index is 0.292. The molecule has 1 unspecified atom stereocenters. The van der Waals surface area contributed by atoms with Crippen molar-refractivity contribution in [2.75, 3.05) is 26.3 Å². The fourth-order valence-electron chi connectivity index (χ4n) is 2.91. The summed E-state index contributed by atoms with van der Waals surface area (Å²) in [5.74, 6) is 0.406. The topological polar surface area (TPSA) is 50.7 Å². The highest BCUT2D eigenvalue weighted by Gasteiger charge is 2.25. The summed E-state index contributed by atoms with van der Waals surface area (Å²) in [7, 11) is 0. The van der Waals surface area contributed by atoms with Crippen molar-refractivity contribution in [3.8, 4) is 17.2 Å². The second kappa shape index (κ2) is 5.87. The van der Waals surface area contributed by atoms with Gasteiger partial charge in [0.15, 0.2) is 23.1 Å². The van der Waals surface area contributed by atoms with Crippen molar-refractivity contribution in [2.45, 2.75) is 25.7 Å². The number of fused-ring (bicyclic) bond motifs is 1. The van der Waals surface area contributed by atoms with E-state index in [4.69, 9.17) is 9.47 Å². The summed E-state index contributed by atoms with van der Waals surface area (Å²) in [4.78, 5) is 0. The molecule has 2 N–H and O–H groups in total. The number of aromatic hydroxyl groups is 1. The molecule has 1 saturated heterocycles. The summed E-state index contributed by atoms with van der Waals surface area (Å²) in [6.45, 7) is 2.98. The van der Waals surface area contributed by atoms with Crippen LogP contribution in [0.4, 0.5) is 4.39 Å². The van der Waals surface area contributed by atoms with Crippen LogP contribution >= 0.6 is 0 Å². The van der Waals surface area contributed by atoms with E-state index in [9.17, 15) is 9.50 Å². The molecule has 2 heterocycles. The van der Waals surface area contributed by atoms with Crippen LogP contribution in [0.3, 0.4) is 0 Å². The molecule has 1 fully saturated rings. The van der Waals surface area contributed by atoms with Crippen LogP contribution in [0, 0.1) is 11.7 Å². The summed E-state index contributed by atoms with van der Waals surface area (Å²) >= 11 is 0. The molecule has 1 aromatic carbocycles. The van der Waals surface area contributed by atoms with Gasteiger partial charge < -0.3 is 19.9 Å². The van der Waals surface area contributed by atoms with E-state index < -0.39 is 5.82 Å². The summed E-state index contributed by atoms with van der Waals surface area (Å²) in [5.41, 5.74) is 0.551. The number of hydrogen-bond acceptors (Lipinski definition) is 4. The van der Waals surface area contributed by atoms with E-state index >= 15 is 0 Å². The molecule has 5 heteroatoms. The molecule has 1 atom stereocenters. The molecule has 1 aromatic rings. The predicted octanol–water partition coefficient (Wildman–Crippen LogP) is 2.23. The number of piperidine rings is 1. The number of phenolic OH excluding ortho intramolecular Hbond substituents is 1. The van der Waals surface area contributed by atoms with Crippen molar-refractivity contribution < 1.29 is 19.0 Å². The van der Waals surface area contributed by atoms with Gasteiger partial charge in [-0.2, -0.15) is 0 Å². The number of halogens is 1. The Morgan fingerprint density at radius 3 is 2.95 bits per heavy atom. The van der Waals surface area contributed by atoms with Crippen molar-refractivity contribution in [1.82, 2.24) is 5.32 Å². The van der Waals surface area contributed by atoms with Gasteiger partial charge in [0.05, 0.1) is 13.2 Å². The molecular weight excluding hydrogens is 261 g/mol. The summed E-state index contributed by atoms with van der Waals surface area (Å²) in [6, 6.07) is 1.22. The molecule has 0 radical (unpaired) electrons. The third-order valence-electron chi connectivity index (χ3n) is 3.95. The molecule has 20 heavy (non-hydrogen) atoms. The van der Waals surface area contributed by atoms with Crippen molar-refractivity contribution in [3.63, 3.8) is 0 Å². The molecule has 0 aromatic heterocycles. The zero-order valence-corrected chi connectivity index (χ0v) is 11.5. The van der Waals surface area contributed by atoms with Crippen LogP contribution < -0.4 is 14.8 Å². The van der Waals surface area contributed by atoms with E-state index in [1.54, 1.807) is 0 Å². The number of rotatable bonds is 2. The summed E-state index contributed by atoms with van der Waals surface area (Å²) in [6.07, 6.45) is 3.57. The second-order valence-corrected chi connectivity index (χ2v) is 5.48.